The molecule has 1 rings (SSSR count). The molecule has 0 spiro atoms. The van der Waals surface area contributed by atoms with Crippen LogP contribution in [0.5, 0.6) is 0 Å². The Labute approximate surface area is 99.7 Å². The van der Waals surface area contributed by atoms with Crippen molar-refractivity contribution < 1.29 is 9.90 Å². The van der Waals surface area contributed by atoms with Gasteiger partial charge in [0.15, 0.2) is 5.11 Å². The normalized spacial score (nSPS) is 9.56. The fourth-order valence-corrected chi connectivity index (χ4v) is 1.40. The molecule has 0 fully saturated rings. The summed E-state index contributed by atoms with van der Waals surface area (Å²) in [6.07, 6.45) is 0.0512. The molecule has 86 valence electrons. The van der Waals surface area contributed by atoms with E-state index >= 15 is 0 Å². The van der Waals surface area contributed by atoms with Crippen molar-refractivity contribution in [2.75, 3.05) is 11.9 Å². The number of rotatable bonds is 4. The fraction of sp³-hybridized carbons (Fsp3) is 0.273. The largest absolute Gasteiger partial charge is 0.481 e. The van der Waals surface area contributed by atoms with Crippen LogP contribution in [-0.4, -0.2) is 22.7 Å². The SMILES string of the molecule is Cc1cccc(NC(=S)NCCC(=O)O)c1. The maximum Gasteiger partial charge on any atom is 0.305 e. The standard InChI is InChI=1S/C11H14N2O2S/c1-8-3-2-4-9(7-8)13-11(16)12-6-5-10(14)15/h2-4,7H,5-6H2,1H3,(H,14,15)(H2,12,13,16). The number of aliphatic carboxylic acids is 1. The molecule has 1 aromatic rings. The number of thiocarbonyl (C=S) groups is 1. The lowest BCUT2D eigenvalue weighted by molar-refractivity contribution is -0.136. The molecule has 5 heteroatoms. The molecule has 0 aromatic heterocycles. The summed E-state index contributed by atoms with van der Waals surface area (Å²) >= 11 is 5.02. The molecule has 0 bridgehead atoms. The van der Waals surface area contributed by atoms with Crippen molar-refractivity contribution in [1.82, 2.24) is 5.32 Å². The molecule has 0 radical (unpaired) electrons. The second-order valence-electron chi connectivity index (χ2n) is 3.39. The molecule has 0 saturated heterocycles. The Bertz CT molecular complexity index is 393. The zero-order valence-electron chi connectivity index (χ0n) is 8.99. The average molecular weight is 238 g/mol. The predicted molar refractivity (Wildman–Crippen MR) is 67.7 cm³/mol. The molecular formula is C11H14N2O2S. The second-order valence-corrected chi connectivity index (χ2v) is 3.80. The van der Waals surface area contributed by atoms with Crippen LogP contribution in [0, 0.1) is 6.92 Å². The van der Waals surface area contributed by atoms with Gasteiger partial charge < -0.3 is 15.7 Å². The van der Waals surface area contributed by atoms with E-state index in [4.69, 9.17) is 17.3 Å². The molecule has 0 unspecified atom stereocenters. The second kappa shape index (κ2) is 6.07. The van der Waals surface area contributed by atoms with Gasteiger partial charge in [0.2, 0.25) is 0 Å². The van der Waals surface area contributed by atoms with Crippen molar-refractivity contribution >= 4 is 29.0 Å². The molecule has 0 heterocycles. The zero-order valence-corrected chi connectivity index (χ0v) is 9.80. The Kier molecular flexibility index (Phi) is 4.72. The van der Waals surface area contributed by atoms with E-state index in [0.717, 1.165) is 11.3 Å². The number of nitrogens with one attached hydrogen (secondary N) is 2. The van der Waals surface area contributed by atoms with Gasteiger partial charge in [-0.05, 0) is 36.8 Å². The Morgan fingerprint density at radius 2 is 2.25 bits per heavy atom. The van der Waals surface area contributed by atoms with Crippen molar-refractivity contribution in [2.24, 2.45) is 0 Å². The fourth-order valence-electron chi connectivity index (χ4n) is 1.18. The minimum Gasteiger partial charge on any atom is -0.481 e. The average Bonchev–Trinajstić information content (AvgIpc) is 2.16. The van der Waals surface area contributed by atoms with Gasteiger partial charge in [0.05, 0.1) is 6.42 Å². The Morgan fingerprint density at radius 3 is 2.88 bits per heavy atom. The van der Waals surface area contributed by atoms with Crippen LogP contribution < -0.4 is 10.6 Å². The Morgan fingerprint density at radius 1 is 1.50 bits per heavy atom. The highest BCUT2D eigenvalue weighted by molar-refractivity contribution is 7.80. The highest BCUT2D eigenvalue weighted by Gasteiger charge is 1.99. The first-order valence-corrected chi connectivity index (χ1v) is 5.32. The van der Waals surface area contributed by atoms with Crippen molar-refractivity contribution in [2.45, 2.75) is 13.3 Å². The monoisotopic (exact) mass is 238 g/mol. The van der Waals surface area contributed by atoms with Gasteiger partial charge >= 0.3 is 5.97 Å². The van der Waals surface area contributed by atoms with Gasteiger partial charge in [-0.1, -0.05) is 12.1 Å². The molecule has 0 aliphatic carbocycles. The molecule has 0 aliphatic rings. The van der Waals surface area contributed by atoms with Crippen LogP contribution in [0.2, 0.25) is 0 Å². The van der Waals surface area contributed by atoms with Gasteiger partial charge in [0.25, 0.3) is 0 Å². The molecule has 1 aromatic carbocycles. The number of carboxylic acids is 1. The van der Waals surface area contributed by atoms with Crippen LogP contribution >= 0.6 is 12.2 Å². The predicted octanol–water partition coefficient (Wildman–Crippen LogP) is 1.76. The van der Waals surface area contributed by atoms with E-state index < -0.39 is 5.97 Å². The first kappa shape index (κ1) is 12.4. The Hall–Kier alpha value is -1.62. The molecule has 4 nitrogen and oxygen atoms in total. The molecule has 0 saturated carbocycles. The minimum atomic E-state index is -0.842. The van der Waals surface area contributed by atoms with Crippen LogP contribution in [-0.2, 0) is 4.79 Å². The van der Waals surface area contributed by atoms with Gasteiger partial charge in [-0.2, -0.15) is 0 Å². The quantitative estimate of drug-likeness (QED) is 0.698. The number of carboxylic acid groups (broad SMARTS) is 1. The maximum atomic E-state index is 10.3. The summed E-state index contributed by atoms with van der Waals surface area (Å²) in [6, 6.07) is 7.78. The first-order chi connectivity index (χ1) is 7.58. The van der Waals surface area contributed by atoms with Crippen LogP contribution in [0.4, 0.5) is 5.69 Å². The number of hydrogen-bond acceptors (Lipinski definition) is 2. The summed E-state index contributed by atoms with van der Waals surface area (Å²) < 4.78 is 0. The van der Waals surface area contributed by atoms with E-state index in [2.05, 4.69) is 10.6 Å². The molecule has 0 atom stereocenters. The van der Waals surface area contributed by atoms with Gasteiger partial charge in [0, 0.05) is 12.2 Å². The number of hydrogen-bond donors (Lipinski definition) is 3. The number of aryl methyl sites for hydroxylation is 1. The molecule has 3 N–H and O–H groups in total. The van der Waals surface area contributed by atoms with Crippen LogP contribution in [0.3, 0.4) is 0 Å². The summed E-state index contributed by atoms with van der Waals surface area (Å²) in [5, 5.41) is 14.7. The third-order valence-corrected chi connectivity index (χ3v) is 2.15. The van der Waals surface area contributed by atoms with Crippen molar-refractivity contribution in [3.63, 3.8) is 0 Å². The van der Waals surface area contributed by atoms with Gasteiger partial charge in [-0.25, -0.2) is 0 Å². The number of benzene rings is 1. The molecular weight excluding hydrogens is 224 g/mol. The van der Waals surface area contributed by atoms with Crippen molar-refractivity contribution in [3.8, 4) is 0 Å². The summed E-state index contributed by atoms with van der Waals surface area (Å²) in [4.78, 5) is 10.3. The Balaban J connectivity index is 2.37. The summed E-state index contributed by atoms with van der Waals surface area (Å²) in [6.45, 7) is 2.32. The van der Waals surface area contributed by atoms with Crippen LogP contribution in [0.25, 0.3) is 0 Å². The number of anilines is 1. The van der Waals surface area contributed by atoms with Gasteiger partial charge in [0.1, 0.15) is 0 Å². The summed E-state index contributed by atoms with van der Waals surface area (Å²) in [5.41, 5.74) is 2.03. The van der Waals surface area contributed by atoms with Crippen LogP contribution in [0.1, 0.15) is 12.0 Å². The van der Waals surface area contributed by atoms with Crippen molar-refractivity contribution in [1.29, 1.82) is 0 Å². The third kappa shape index (κ3) is 4.75. The van der Waals surface area contributed by atoms with E-state index in [1.165, 1.54) is 0 Å². The van der Waals surface area contributed by atoms with E-state index in [-0.39, 0.29) is 6.42 Å². The smallest absolute Gasteiger partial charge is 0.305 e. The molecule has 0 amide bonds. The maximum absolute atomic E-state index is 10.3. The van der Waals surface area contributed by atoms with Crippen LogP contribution in [0.15, 0.2) is 24.3 Å². The van der Waals surface area contributed by atoms with Gasteiger partial charge in [-0.3, -0.25) is 4.79 Å². The zero-order chi connectivity index (χ0) is 12.0. The summed E-state index contributed by atoms with van der Waals surface area (Å²) in [7, 11) is 0. The highest BCUT2D eigenvalue weighted by Crippen LogP contribution is 2.08. The van der Waals surface area contributed by atoms with E-state index in [1.807, 2.05) is 31.2 Å². The topological polar surface area (TPSA) is 61.4 Å². The summed E-state index contributed by atoms with van der Waals surface area (Å²) in [5.74, 6) is -0.842. The first-order valence-electron chi connectivity index (χ1n) is 4.91. The van der Waals surface area contributed by atoms with E-state index in [1.54, 1.807) is 0 Å². The third-order valence-electron chi connectivity index (χ3n) is 1.90. The van der Waals surface area contributed by atoms with Crippen molar-refractivity contribution in [3.05, 3.63) is 29.8 Å². The highest BCUT2D eigenvalue weighted by atomic mass is 32.1. The minimum absolute atomic E-state index is 0.0512. The molecule has 0 aliphatic heterocycles. The van der Waals surface area contributed by atoms with E-state index in [0.29, 0.717) is 11.7 Å². The molecule has 16 heavy (non-hydrogen) atoms. The lowest BCUT2D eigenvalue weighted by atomic mass is 10.2. The number of carbonyl (C=O) groups is 1. The van der Waals surface area contributed by atoms with Gasteiger partial charge in [-0.15, -0.1) is 0 Å². The lowest BCUT2D eigenvalue weighted by Crippen LogP contribution is -2.30. The lowest BCUT2D eigenvalue weighted by Gasteiger charge is -2.09. The van der Waals surface area contributed by atoms with E-state index in [9.17, 15) is 4.79 Å².